The van der Waals surface area contributed by atoms with Gasteiger partial charge in [-0.2, -0.15) is 0 Å². The second-order valence-electron chi connectivity index (χ2n) is 1.96. The average Bonchev–Trinajstić information content (AvgIpc) is 2.32. The maximum Gasteiger partial charge on any atom is 0.249 e. The van der Waals surface area contributed by atoms with Crippen molar-refractivity contribution in [1.29, 1.82) is 0 Å². The van der Waals surface area contributed by atoms with Crippen LogP contribution < -0.4 is 4.74 Å². The van der Waals surface area contributed by atoms with Crippen molar-refractivity contribution in [2.24, 2.45) is 8.80 Å². The molecule has 0 aromatic heterocycles. The molecule has 6 heteroatoms. The molecule has 0 N–H and O–H groups in total. The van der Waals surface area contributed by atoms with E-state index in [0.29, 0.717) is 12.1 Å². The zero-order valence-electron chi connectivity index (χ0n) is 7.91. The van der Waals surface area contributed by atoms with E-state index >= 15 is 0 Å². The largest absolute Gasteiger partial charge is 0.497 e. The highest BCUT2D eigenvalue weighted by atomic mass is 32.2. The molecule has 0 aliphatic heterocycles. The van der Waals surface area contributed by atoms with Crippen molar-refractivity contribution in [2.45, 2.75) is 0 Å². The summed E-state index contributed by atoms with van der Waals surface area (Å²) < 4.78 is 10.6. The van der Waals surface area contributed by atoms with E-state index in [1.807, 2.05) is 30.3 Å². The van der Waals surface area contributed by atoms with Gasteiger partial charge in [0, 0.05) is 0 Å². The van der Waals surface area contributed by atoms with Gasteiger partial charge >= 0.3 is 0 Å². The molecule has 0 radical (unpaired) electrons. The first-order valence-electron chi connectivity index (χ1n) is 3.74. The topological polar surface area (TPSA) is 68.1 Å². The van der Waals surface area contributed by atoms with Crippen molar-refractivity contribution in [3.05, 3.63) is 30.3 Å². The zero-order valence-corrected chi connectivity index (χ0v) is 8.73. The highest BCUT2D eigenvalue weighted by Crippen LogP contribution is 2.05. The minimum atomic E-state index is 0.456. The Hall–Kier alpha value is -1.87. The van der Waals surface area contributed by atoms with Gasteiger partial charge in [0.25, 0.3) is 0 Å². The van der Waals surface area contributed by atoms with Crippen LogP contribution in [0.3, 0.4) is 0 Å². The lowest BCUT2D eigenvalue weighted by Crippen LogP contribution is -1.78. The summed E-state index contributed by atoms with van der Waals surface area (Å²) in [6, 6.07) is 9.68. The number of ether oxygens (including phenoxy) is 1. The van der Waals surface area contributed by atoms with E-state index in [1.54, 1.807) is 7.11 Å². The van der Waals surface area contributed by atoms with Gasteiger partial charge in [0.15, 0.2) is 0 Å². The summed E-state index contributed by atoms with van der Waals surface area (Å²) in [6.45, 7) is 0. The molecule has 0 saturated carbocycles. The standard InChI is InChI=1S/C7H8O.C2N2O2S/c1-8-7-5-3-2-4-6-7;5-1-3-7-4-2-6/h2-6H,1H3;. The number of carbonyl (C=O) groups excluding carboxylic acids is 2. The predicted octanol–water partition coefficient (Wildman–Crippen LogP) is 1.92. The molecule has 0 aliphatic rings. The summed E-state index contributed by atoms with van der Waals surface area (Å²) in [5.41, 5.74) is 0. The molecule has 0 bridgehead atoms. The van der Waals surface area contributed by atoms with E-state index in [4.69, 9.17) is 4.74 Å². The van der Waals surface area contributed by atoms with Crippen LogP contribution in [0.25, 0.3) is 0 Å². The zero-order chi connectivity index (χ0) is 11.4. The SMILES string of the molecule is COc1ccccc1.O=C=NSN=C=O. The molecule has 15 heavy (non-hydrogen) atoms. The van der Waals surface area contributed by atoms with Crippen LogP contribution in [0.2, 0.25) is 0 Å². The minimum Gasteiger partial charge on any atom is -0.497 e. The van der Waals surface area contributed by atoms with Crippen LogP contribution in [0.15, 0.2) is 39.1 Å². The van der Waals surface area contributed by atoms with Gasteiger partial charge in [-0.05, 0) is 12.1 Å². The molecule has 0 unspecified atom stereocenters. The number of isocyanates is 2. The van der Waals surface area contributed by atoms with E-state index in [2.05, 4.69) is 8.80 Å². The molecular formula is C9H8N2O3S. The van der Waals surface area contributed by atoms with E-state index in [9.17, 15) is 9.59 Å². The van der Waals surface area contributed by atoms with Gasteiger partial charge in [-0.1, -0.05) is 18.2 Å². The third-order valence-corrected chi connectivity index (χ3v) is 1.45. The normalized spacial score (nSPS) is 7.27. The Kier molecular flexibility index (Phi) is 8.94. The first-order chi connectivity index (χ1) is 7.35. The summed E-state index contributed by atoms with van der Waals surface area (Å²) in [6.07, 6.45) is 2.34. The molecule has 0 atom stereocenters. The molecule has 1 rings (SSSR count). The summed E-state index contributed by atoms with van der Waals surface area (Å²) in [5, 5.41) is 0. The van der Waals surface area contributed by atoms with Crippen molar-refractivity contribution in [1.82, 2.24) is 0 Å². The van der Waals surface area contributed by atoms with Gasteiger partial charge in [0.1, 0.15) is 17.9 Å². The maximum absolute atomic E-state index is 9.18. The lowest BCUT2D eigenvalue weighted by molar-refractivity contribution is 0.415. The Balaban J connectivity index is 0.000000265. The minimum absolute atomic E-state index is 0.456. The van der Waals surface area contributed by atoms with E-state index in [1.165, 1.54) is 12.2 Å². The number of rotatable bonds is 3. The molecule has 0 fully saturated rings. The third kappa shape index (κ3) is 8.46. The highest BCUT2D eigenvalue weighted by molar-refractivity contribution is 7.96. The quantitative estimate of drug-likeness (QED) is 0.447. The van der Waals surface area contributed by atoms with Gasteiger partial charge in [0.2, 0.25) is 12.2 Å². The van der Waals surface area contributed by atoms with Crippen LogP contribution in [0, 0.1) is 0 Å². The van der Waals surface area contributed by atoms with E-state index in [-0.39, 0.29) is 0 Å². The van der Waals surface area contributed by atoms with Crippen molar-refractivity contribution in [2.75, 3.05) is 7.11 Å². The van der Waals surface area contributed by atoms with Crippen molar-refractivity contribution in [3.63, 3.8) is 0 Å². The molecule has 78 valence electrons. The molecule has 1 aromatic rings. The van der Waals surface area contributed by atoms with Crippen molar-refractivity contribution < 1.29 is 14.3 Å². The fourth-order valence-electron chi connectivity index (χ4n) is 0.610. The summed E-state index contributed by atoms with van der Waals surface area (Å²) in [5.74, 6) is 0.910. The van der Waals surface area contributed by atoms with Gasteiger partial charge in [-0.25, -0.2) is 9.59 Å². The smallest absolute Gasteiger partial charge is 0.249 e. The third-order valence-electron chi connectivity index (χ3n) is 1.14. The first kappa shape index (κ1) is 13.1. The van der Waals surface area contributed by atoms with Crippen molar-refractivity contribution >= 4 is 24.3 Å². The van der Waals surface area contributed by atoms with Gasteiger partial charge in [-0.15, -0.1) is 8.80 Å². The lowest BCUT2D eigenvalue weighted by atomic mass is 10.3. The highest BCUT2D eigenvalue weighted by Gasteiger charge is 1.80. The molecule has 0 amide bonds. The second-order valence-corrected chi connectivity index (χ2v) is 2.49. The molecule has 0 heterocycles. The van der Waals surface area contributed by atoms with E-state index < -0.39 is 0 Å². The molecule has 5 nitrogen and oxygen atoms in total. The summed E-state index contributed by atoms with van der Waals surface area (Å²) in [7, 11) is 1.66. The van der Waals surface area contributed by atoms with Crippen LogP contribution in [-0.4, -0.2) is 19.3 Å². The maximum atomic E-state index is 9.18. The average molecular weight is 224 g/mol. The number of hydrogen-bond acceptors (Lipinski definition) is 6. The van der Waals surface area contributed by atoms with Gasteiger partial charge < -0.3 is 4.74 Å². The molecule has 0 saturated heterocycles. The Morgan fingerprint density at radius 1 is 1.13 bits per heavy atom. The Morgan fingerprint density at radius 3 is 2.00 bits per heavy atom. The van der Waals surface area contributed by atoms with Crippen LogP contribution in [-0.2, 0) is 9.59 Å². The van der Waals surface area contributed by atoms with Gasteiger partial charge in [-0.3, -0.25) is 0 Å². The fraction of sp³-hybridized carbons (Fsp3) is 0.111. The molecular weight excluding hydrogens is 216 g/mol. The second kappa shape index (κ2) is 10.2. The number of benzene rings is 1. The van der Waals surface area contributed by atoms with Crippen molar-refractivity contribution in [3.8, 4) is 5.75 Å². The lowest BCUT2D eigenvalue weighted by Gasteiger charge is -1.93. The number of hydrogen-bond donors (Lipinski definition) is 0. The van der Waals surface area contributed by atoms with Crippen LogP contribution in [0.5, 0.6) is 5.75 Å². The molecule has 0 spiro atoms. The molecule has 1 aromatic carbocycles. The van der Waals surface area contributed by atoms with Crippen LogP contribution in [0.1, 0.15) is 0 Å². The monoisotopic (exact) mass is 224 g/mol. The molecule has 0 aliphatic carbocycles. The van der Waals surface area contributed by atoms with E-state index in [0.717, 1.165) is 5.75 Å². The number of nitrogens with zero attached hydrogens (tertiary/aromatic N) is 2. The number of para-hydroxylation sites is 1. The van der Waals surface area contributed by atoms with Crippen LogP contribution in [0.4, 0.5) is 0 Å². The predicted molar refractivity (Wildman–Crippen MR) is 56.8 cm³/mol. The van der Waals surface area contributed by atoms with Gasteiger partial charge in [0.05, 0.1) is 7.11 Å². The Bertz CT molecular complexity index is 341. The van der Waals surface area contributed by atoms with Crippen LogP contribution >= 0.6 is 12.1 Å². The Morgan fingerprint density at radius 2 is 1.67 bits per heavy atom. The first-order valence-corrected chi connectivity index (χ1v) is 4.47. The number of methoxy groups -OCH3 is 1. The summed E-state index contributed by atoms with van der Waals surface area (Å²) in [4.78, 5) is 18.4. The fourth-order valence-corrected chi connectivity index (χ4v) is 0.718. The Labute approximate surface area is 91.2 Å². The summed E-state index contributed by atoms with van der Waals surface area (Å²) >= 11 is 0.456.